The molecule has 0 aliphatic heterocycles. The average Bonchev–Trinajstić information content (AvgIpc) is 2.98. The van der Waals surface area contributed by atoms with Gasteiger partial charge in [-0.05, 0) is 49.4 Å². The van der Waals surface area contributed by atoms with Crippen LogP contribution in [0.2, 0.25) is 0 Å². The van der Waals surface area contributed by atoms with E-state index in [4.69, 9.17) is 0 Å². The summed E-state index contributed by atoms with van der Waals surface area (Å²) in [6.45, 7) is 3.39. The summed E-state index contributed by atoms with van der Waals surface area (Å²) in [5, 5.41) is 4.01. The van der Waals surface area contributed by atoms with Crippen LogP contribution in [0.4, 0.5) is 0 Å². The van der Waals surface area contributed by atoms with E-state index in [9.17, 15) is 0 Å². The molecule has 24 heavy (non-hydrogen) atoms. The Morgan fingerprint density at radius 1 is 1.12 bits per heavy atom. The van der Waals surface area contributed by atoms with Crippen molar-refractivity contribution in [2.75, 3.05) is 6.54 Å². The second-order valence-corrected chi connectivity index (χ2v) is 7.18. The standard InChI is InChI=1S/C22H26N2/c1-16-12-13-20-19(15-16)18-10-5-11-21(22(18)24-20)23-14-6-9-17-7-3-2-4-8-17/h2-4,7-8,12-13,15,21,23-24H,5-6,9-11,14H2,1H3/p+1/t21-/m1/s1. The van der Waals surface area contributed by atoms with Gasteiger partial charge >= 0.3 is 0 Å². The van der Waals surface area contributed by atoms with Crippen molar-refractivity contribution in [3.8, 4) is 0 Å². The van der Waals surface area contributed by atoms with Gasteiger partial charge in [0.2, 0.25) is 0 Å². The lowest BCUT2D eigenvalue weighted by atomic mass is 9.91. The van der Waals surface area contributed by atoms with Crippen LogP contribution < -0.4 is 5.32 Å². The van der Waals surface area contributed by atoms with Crippen LogP contribution in [0, 0.1) is 6.92 Å². The number of aromatic nitrogens is 1. The molecule has 0 radical (unpaired) electrons. The highest BCUT2D eigenvalue weighted by Crippen LogP contribution is 2.33. The zero-order chi connectivity index (χ0) is 16.4. The van der Waals surface area contributed by atoms with E-state index in [1.165, 1.54) is 66.4 Å². The summed E-state index contributed by atoms with van der Waals surface area (Å²) in [7, 11) is 0. The van der Waals surface area contributed by atoms with E-state index in [0.717, 1.165) is 0 Å². The minimum atomic E-state index is 0.609. The maximum absolute atomic E-state index is 3.72. The summed E-state index contributed by atoms with van der Waals surface area (Å²) >= 11 is 0. The summed E-state index contributed by atoms with van der Waals surface area (Å²) in [6, 6.07) is 18.3. The second-order valence-electron chi connectivity index (χ2n) is 7.18. The van der Waals surface area contributed by atoms with Gasteiger partial charge in [-0.1, -0.05) is 42.0 Å². The lowest BCUT2D eigenvalue weighted by Crippen LogP contribution is -2.85. The Balaban J connectivity index is 1.43. The smallest absolute Gasteiger partial charge is 0.127 e. The molecular formula is C22H27N2+. The zero-order valence-electron chi connectivity index (χ0n) is 14.5. The number of quaternary nitrogens is 1. The topological polar surface area (TPSA) is 32.4 Å². The summed E-state index contributed by atoms with van der Waals surface area (Å²) in [6.07, 6.45) is 6.27. The van der Waals surface area contributed by atoms with Crippen molar-refractivity contribution in [3.63, 3.8) is 0 Å². The molecule has 2 heteroatoms. The van der Waals surface area contributed by atoms with Crippen LogP contribution in [0.5, 0.6) is 0 Å². The number of H-pyrrole nitrogens is 1. The zero-order valence-corrected chi connectivity index (χ0v) is 14.5. The number of hydrogen-bond acceptors (Lipinski definition) is 0. The fourth-order valence-electron chi connectivity index (χ4n) is 4.12. The molecule has 0 amide bonds. The highest BCUT2D eigenvalue weighted by atomic mass is 14.9. The number of nitrogens with one attached hydrogen (secondary N) is 1. The molecule has 124 valence electrons. The number of fused-ring (bicyclic) bond motifs is 3. The van der Waals surface area contributed by atoms with Crippen LogP contribution in [0.3, 0.4) is 0 Å². The minimum absolute atomic E-state index is 0.609. The Labute approximate surface area is 144 Å². The molecule has 0 spiro atoms. The molecule has 1 heterocycles. The molecule has 2 aromatic carbocycles. The van der Waals surface area contributed by atoms with Crippen molar-refractivity contribution in [2.24, 2.45) is 0 Å². The van der Waals surface area contributed by atoms with Gasteiger partial charge in [-0.3, -0.25) is 0 Å². The Morgan fingerprint density at radius 2 is 2.00 bits per heavy atom. The molecule has 1 aliphatic carbocycles. The first-order chi connectivity index (χ1) is 11.8. The first-order valence-corrected chi connectivity index (χ1v) is 9.29. The number of aryl methyl sites for hydroxylation is 3. The quantitative estimate of drug-likeness (QED) is 0.665. The molecule has 0 saturated carbocycles. The van der Waals surface area contributed by atoms with E-state index >= 15 is 0 Å². The molecule has 0 saturated heterocycles. The highest BCUT2D eigenvalue weighted by molar-refractivity contribution is 5.85. The Bertz CT molecular complexity index is 817. The van der Waals surface area contributed by atoms with Crippen molar-refractivity contribution >= 4 is 10.9 Å². The van der Waals surface area contributed by atoms with Gasteiger partial charge in [-0.15, -0.1) is 0 Å². The van der Waals surface area contributed by atoms with Crippen molar-refractivity contribution < 1.29 is 5.32 Å². The minimum Gasteiger partial charge on any atom is -0.353 e. The number of aromatic amines is 1. The molecule has 3 N–H and O–H groups in total. The SMILES string of the molecule is Cc1ccc2[nH]c3c(c2c1)CCC[C@H]3[NH2+]CCCc1ccccc1. The fourth-order valence-corrected chi connectivity index (χ4v) is 4.12. The van der Waals surface area contributed by atoms with Crippen LogP contribution in [-0.2, 0) is 12.8 Å². The van der Waals surface area contributed by atoms with E-state index in [2.05, 4.69) is 65.8 Å². The maximum Gasteiger partial charge on any atom is 0.127 e. The molecule has 0 fully saturated rings. The van der Waals surface area contributed by atoms with Gasteiger partial charge in [0.25, 0.3) is 0 Å². The van der Waals surface area contributed by atoms with Gasteiger partial charge in [0, 0.05) is 23.7 Å². The molecule has 1 aromatic heterocycles. The third-order valence-electron chi connectivity index (χ3n) is 5.37. The third-order valence-corrected chi connectivity index (χ3v) is 5.37. The molecule has 0 bridgehead atoms. The largest absolute Gasteiger partial charge is 0.353 e. The lowest BCUT2D eigenvalue weighted by Gasteiger charge is -2.21. The molecular weight excluding hydrogens is 292 g/mol. The second kappa shape index (κ2) is 6.82. The van der Waals surface area contributed by atoms with E-state index < -0.39 is 0 Å². The summed E-state index contributed by atoms with van der Waals surface area (Å²) < 4.78 is 0. The molecule has 3 aromatic rings. The number of nitrogens with two attached hydrogens (primary N) is 1. The summed E-state index contributed by atoms with van der Waals surface area (Å²) in [5.41, 5.74) is 7.19. The van der Waals surface area contributed by atoms with Gasteiger partial charge in [-0.25, -0.2) is 0 Å². The average molecular weight is 319 g/mol. The van der Waals surface area contributed by atoms with Crippen LogP contribution >= 0.6 is 0 Å². The molecule has 2 nitrogen and oxygen atoms in total. The van der Waals surface area contributed by atoms with Gasteiger partial charge in [0.05, 0.1) is 12.2 Å². The first-order valence-electron chi connectivity index (χ1n) is 9.29. The lowest BCUT2D eigenvalue weighted by molar-refractivity contribution is -0.698. The molecule has 0 unspecified atom stereocenters. The van der Waals surface area contributed by atoms with Gasteiger partial charge in [0.1, 0.15) is 6.04 Å². The third kappa shape index (κ3) is 3.11. The van der Waals surface area contributed by atoms with Crippen molar-refractivity contribution in [1.29, 1.82) is 0 Å². The summed E-state index contributed by atoms with van der Waals surface area (Å²) in [4.78, 5) is 3.72. The molecule has 4 rings (SSSR count). The normalized spacial score (nSPS) is 17.1. The number of rotatable bonds is 5. The van der Waals surface area contributed by atoms with E-state index in [1.54, 1.807) is 5.56 Å². The Hall–Kier alpha value is -2.06. The van der Waals surface area contributed by atoms with Crippen LogP contribution in [0.15, 0.2) is 48.5 Å². The Morgan fingerprint density at radius 3 is 2.88 bits per heavy atom. The van der Waals surface area contributed by atoms with Crippen molar-refractivity contribution in [1.82, 2.24) is 4.98 Å². The predicted molar refractivity (Wildman–Crippen MR) is 100 cm³/mol. The molecule has 1 atom stereocenters. The Kier molecular flexibility index (Phi) is 4.40. The monoisotopic (exact) mass is 319 g/mol. The van der Waals surface area contributed by atoms with Gasteiger partial charge < -0.3 is 10.3 Å². The van der Waals surface area contributed by atoms with E-state index in [-0.39, 0.29) is 0 Å². The predicted octanol–water partition coefficient (Wildman–Crippen LogP) is 4.05. The maximum atomic E-state index is 3.72. The van der Waals surface area contributed by atoms with E-state index in [1.807, 2.05) is 0 Å². The summed E-state index contributed by atoms with van der Waals surface area (Å²) in [5.74, 6) is 0. The van der Waals surface area contributed by atoms with E-state index in [0.29, 0.717) is 6.04 Å². The van der Waals surface area contributed by atoms with Crippen molar-refractivity contribution in [2.45, 2.75) is 45.1 Å². The first kappa shape index (κ1) is 15.5. The number of benzene rings is 2. The van der Waals surface area contributed by atoms with Crippen LogP contribution in [0.1, 0.15) is 47.7 Å². The van der Waals surface area contributed by atoms with Crippen molar-refractivity contribution in [3.05, 3.63) is 70.9 Å². The van der Waals surface area contributed by atoms with Crippen LogP contribution in [0.25, 0.3) is 10.9 Å². The fraction of sp³-hybridized carbons (Fsp3) is 0.364. The van der Waals surface area contributed by atoms with Gasteiger partial charge in [0.15, 0.2) is 0 Å². The molecule has 1 aliphatic rings. The van der Waals surface area contributed by atoms with Crippen LogP contribution in [-0.4, -0.2) is 11.5 Å². The van der Waals surface area contributed by atoms with Gasteiger partial charge in [-0.2, -0.15) is 0 Å². The highest BCUT2D eigenvalue weighted by Gasteiger charge is 2.26. The number of hydrogen-bond donors (Lipinski definition) is 2.